The zero-order valence-electron chi connectivity index (χ0n) is 19.2. The van der Waals surface area contributed by atoms with Gasteiger partial charge in [-0.1, -0.05) is 51.3 Å². The number of hydrogen-bond donors (Lipinski definition) is 0. The summed E-state index contributed by atoms with van der Waals surface area (Å²) in [5, 5.41) is 0. The quantitative estimate of drug-likeness (QED) is 0.275. The molecule has 0 N–H and O–H groups in total. The largest absolute Gasteiger partial charge is 0.490 e. The van der Waals surface area contributed by atoms with Gasteiger partial charge in [0.2, 0.25) is 5.82 Å². The van der Waals surface area contributed by atoms with Crippen molar-refractivity contribution in [3.8, 4) is 22.6 Å². The molecule has 0 radical (unpaired) electrons. The highest BCUT2D eigenvalue weighted by molar-refractivity contribution is 5.66. The number of hydrogen-bond acceptors (Lipinski definition) is 2. The van der Waals surface area contributed by atoms with E-state index in [2.05, 4.69) is 13.0 Å². The number of ether oxygens (including phenoxy) is 2. The van der Waals surface area contributed by atoms with Gasteiger partial charge in [-0.05, 0) is 78.8 Å². The summed E-state index contributed by atoms with van der Waals surface area (Å²) in [6.07, 6.45) is 10.6. The van der Waals surface area contributed by atoms with E-state index in [-0.39, 0.29) is 11.3 Å². The van der Waals surface area contributed by atoms with Crippen LogP contribution in [-0.2, 0) is 0 Å². The molecule has 0 bridgehead atoms. The van der Waals surface area contributed by atoms with E-state index in [1.807, 2.05) is 19.1 Å². The maximum Gasteiger partial charge on any atom is 0.201 e. The monoisotopic (exact) mass is 440 g/mol. The van der Waals surface area contributed by atoms with Crippen molar-refractivity contribution in [2.75, 3.05) is 13.2 Å². The topological polar surface area (TPSA) is 18.5 Å². The Morgan fingerprint density at radius 1 is 0.906 bits per heavy atom. The fourth-order valence-corrected chi connectivity index (χ4v) is 5.39. The van der Waals surface area contributed by atoms with Crippen molar-refractivity contribution in [2.45, 2.75) is 58.8 Å². The molecule has 2 nitrogen and oxygen atoms in total. The Kier molecular flexibility index (Phi) is 7.49. The normalized spacial score (nSPS) is 22.0. The molecule has 0 aliphatic heterocycles. The number of halogens is 2. The number of rotatable bonds is 10. The minimum atomic E-state index is -0.931. The highest BCUT2D eigenvalue weighted by Crippen LogP contribution is 2.49. The second kappa shape index (κ2) is 10.5. The molecule has 2 aliphatic carbocycles. The lowest BCUT2D eigenvalue weighted by atomic mass is 9.87. The van der Waals surface area contributed by atoms with Gasteiger partial charge in [0.05, 0.1) is 6.61 Å². The summed E-state index contributed by atoms with van der Waals surface area (Å²) in [4.78, 5) is 0. The third-order valence-electron chi connectivity index (χ3n) is 7.13. The van der Waals surface area contributed by atoms with E-state index in [1.165, 1.54) is 43.7 Å². The van der Waals surface area contributed by atoms with Gasteiger partial charge in [-0.25, -0.2) is 4.39 Å². The molecule has 4 rings (SSSR count). The molecule has 2 aliphatic rings. The van der Waals surface area contributed by atoms with Crippen LogP contribution < -0.4 is 9.47 Å². The maximum atomic E-state index is 14.6. The molecule has 0 heterocycles. The summed E-state index contributed by atoms with van der Waals surface area (Å²) in [6, 6.07) is 10.3. The van der Waals surface area contributed by atoms with Gasteiger partial charge in [-0.3, -0.25) is 0 Å². The molecular weight excluding hydrogens is 406 g/mol. The predicted molar refractivity (Wildman–Crippen MR) is 125 cm³/mol. The van der Waals surface area contributed by atoms with Crippen molar-refractivity contribution in [1.29, 1.82) is 0 Å². The second-order valence-electron chi connectivity index (χ2n) is 9.17. The molecule has 3 unspecified atom stereocenters. The van der Waals surface area contributed by atoms with Crippen LogP contribution in [0.4, 0.5) is 8.78 Å². The Labute approximate surface area is 190 Å². The average Bonchev–Trinajstić information content (AvgIpc) is 3.39. The average molecular weight is 441 g/mol. The van der Waals surface area contributed by atoms with Crippen LogP contribution in [0.1, 0.15) is 58.8 Å². The summed E-state index contributed by atoms with van der Waals surface area (Å²) in [7, 11) is 0. The number of allylic oxidation sites excluding steroid dienone is 1. The zero-order valence-corrected chi connectivity index (χ0v) is 19.2. The molecule has 2 aromatic rings. The van der Waals surface area contributed by atoms with Gasteiger partial charge >= 0.3 is 0 Å². The molecule has 172 valence electrons. The summed E-state index contributed by atoms with van der Waals surface area (Å²) in [5.74, 6) is 1.27. The maximum absolute atomic E-state index is 14.6. The fourth-order valence-electron chi connectivity index (χ4n) is 5.39. The van der Waals surface area contributed by atoms with E-state index in [4.69, 9.17) is 9.47 Å². The molecule has 0 aromatic heterocycles. The second-order valence-corrected chi connectivity index (χ2v) is 9.17. The molecule has 2 aromatic carbocycles. The van der Waals surface area contributed by atoms with Crippen LogP contribution in [0, 0.1) is 29.4 Å². The summed E-state index contributed by atoms with van der Waals surface area (Å²) >= 11 is 0. The van der Waals surface area contributed by atoms with Crippen molar-refractivity contribution in [3.05, 3.63) is 59.7 Å². The highest BCUT2D eigenvalue weighted by Gasteiger charge is 2.39. The Hall–Kier alpha value is -2.36. The Bertz CT molecular complexity index is 935. The van der Waals surface area contributed by atoms with Gasteiger partial charge in [-0.15, -0.1) is 0 Å². The molecule has 4 heteroatoms. The summed E-state index contributed by atoms with van der Waals surface area (Å²) in [5.41, 5.74) is 2.28. The molecule has 0 saturated heterocycles. The van der Waals surface area contributed by atoms with Crippen LogP contribution in [0.3, 0.4) is 0 Å². The van der Waals surface area contributed by atoms with Gasteiger partial charge < -0.3 is 9.47 Å². The van der Waals surface area contributed by atoms with Crippen LogP contribution in [0.2, 0.25) is 0 Å². The number of benzene rings is 2. The smallest absolute Gasteiger partial charge is 0.201 e. The minimum absolute atomic E-state index is 0.0316. The van der Waals surface area contributed by atoms with Gasteiger partial charge in [0, 0.05) is 5.56 Å². The molecule has 32 heavy (non-hydrogen) atoms. The van der Waals surface area contributed by atoms with Crippen LogP contribution in [0.5, 0.6) is 11.5 Å². The fraction of sp³-hybridized carbons (Fsp3) is 0.500. The predicted octanol–water partition coefficient (Wildman–Crippen LogP) is 7.96. The lowest BCUT2D eigenvalue weighted by Crippen LogP contribution is -2.14. The lowest BCUT2D eigenvalue weighted by Gasteiger charge is -2.19. The van der Waals surface area contributed by atoms with E-state index < -0.39 is 11.6 Å². The molecular formula is C28H34F2O2. The third kappa shape index (κ3) is 4.84. The van der Waals surface area contributed by atoms with Crippen LogP contribution in [-0.4, -0.2) is 13.2 Å². The van der Waals surface area contributed by atoms with E-state index in [0.29, 0.717) is 24.7 Å². The van der Waals surface area contributed by atoms with Crippen molar-refractivity contribution in [3.63, 3.8) is 0 Å². The molecule has 0 spiro atoms. The van der Waals surface area contributed by atoms with Gasteiger partial charge in [0.25, 0.3) is 0 Å². The van der Waals surface area contributed by atoms with E-state index in [0.717, 1.165) is 30.4 Å². The summed E-state index contributed by atoms with van der Waals surface area (Å²) < 4.78 is 40.4. The van der Waals surface area contributed by atoms with Crippen LogP contribution in [0.25, 0.3) is 11.1 Å². The van der Waals surface area contributed by atoms with Crippen molar-refractivity contribution in [1.82, 2.24) is 0 Å². The molecule has 3 atom stereocenters. The van der Waals surface area contributed by atoms with E-state index in [9.17, 15) is 8.78 Å². The van der Waals surface area contributed by atoms with Gasteiger partial charge in [0.15, 0.2) is 11.6 Å². The van der Waals surface area contributed by atoms with Crippen LogP contribution in [0.15, 0.2) is 48.0 Å². The highest BCUT2D eigenvalue weighted by atomic mass is 19.2. The summed E-state index contributed by atoms with van der Waals surface area (Å²) in [6.45, 7) is 5.30. The Morgan fingerprint density at radius 3 is 2.47 bits per heavy atom. The zero-order chi connectivity index (χ0) is 22.5. The van der Waals surface area contributed by atoms with E-state index >= 15 is 0 Å². The van der Waals surface area contributed by atoms with Crippen molar-refractivity contribution in [2.24, 2.45) is 17.8 Å². The van der Waals surface area contributed by atoms with Crippen LogP contribution >= 0.6 is 0 Å². The Morgan fingerprint density at radius 2 is 1.72 bits per heavy atom. The first kappa shape index (κ1) is 22.8. The number of unbranched alkanes of at least 4 members (excludes halogenated alkanes) is 1. The molecule has 1 saturated carbocycles. The first-order chi connectivity index (χ1) is 15.6. The minimum Gasteiger partial charge on any atom is -0.490 e. The van der Waals surface area contributed by atoms with E-state index in [1.54, 1.807) is 18.2 Å². The van der Waals surface area contributed by atoms with Gasteiger partial charge in [0.1, 0.15) is 12.4 Å². The molecule has 0 amide bonds. The standard InChI is InChI=1S/C28H34F2O2/c1-3-5-17-31-26-16-15-25(27(29)28(26)30)20-7-11-22(12-8-20)32-18-21-10-14-23-19(6-4-2)9-13-24(21)23/h7-8,10-12,15-16,19,23-24H,3-6,9,13-14,17-18H2,1-2H3. The van der Waals surface area contributed by atoms with Crippen molar-refractivity contribution < 1.29 is 18.3 Å². The van der Waals surface area contributed by atoms with Crippen molar-refractivity contribution >= 4 is 0 Å². The SMILES string of the molecule is CCCCOc1ccc(-c2ccc(OCC3=CCC4C(CCC)CCC34)cc2)c(F)c1F. The Balaban J connectivity index is 1.36. The first-order valence-corrected chi connectivity index (χ1v) is 12.1. The molecule has 1 fully saturated rings. The third-order valence-corrected chi connectivity index (χ3v) is 7.13. The first-order valence-electron chi connectivity index (χ1n) is 12.1. The lowest BCUT2D eigenvalue weighted by molar-refractivity contribution is 0.289. The number of fused-ring (bicyclic) bond motifs is 1. The van der Waals surface area contributed by atoms with Gasteiger partial charge in [-0.2, -0.15) is 4.39 Å².